The molecule has 0 bridgehead atoms. The van der Waals surface area contributed by atoms with Gasteiger partial charge in [-0.15, -0.1) is 0 Å². The minimum atomic E-state index is -0.200. The number of aliphatic hydroxyl groups excluding tert-OH is 1. The number of nitrogens with two attached hydrogens (primary N) is 2. The fourth-order valence-electron chi connectivity index (χ4n) is 0.621. The Morgan fingerprint density at radius 3 is 1.77 bits per heavy atom. The summed E-state index contributed by atoms with van der Waals surface area (Å²) in [6.45, 7) is 9.15. The fourth-order valence-corrected chi connectivity index (χ4v) is 0.621. The van der Waals surface area contributed by atoms with Gasteiger partial charge in [0.05, 0.1) is 0 Å². The predicted molar refractivity (Wildman–Crippen MR) is 58.5 cm³/mol. The van der Waals surface area contributed by atoms with Crippen LogP contribution in [0.4, 0.5) is 0 Å². The summed E-state index contributed by atoms with van der Waals surface area (Å²) in [5, 5.41) is 8.32. The van der Waals surface area contributed by atoms with Crippen LogP contribution in [0.2, 0.25) is 0 Å². The van der Waals surface area contributed by atoms with Crippen molar-refractivity contribution in [3.63, 3.8) is 0 Å². The summed E-state index contributed by atoms with van der Waals surface area (Å²) in [7, 11) is 0. The number of rotatable bonds is 4. The van der Waals surface area contributed by atoms with Crippen LogP contribution in [0.1, 0.15) is 40.5 Å². The monoisotopic (exact) mass is 190 g/mol. The number of aliphatic hydroxyl groups is 1. The van der Waals surface area contributed by atoms with E-state index in [1.165, 1.54) is 0 Å². The third-order valence-electron chi connectivity index (χ3n) is 1.50. The Morgan fingerprint density at radius 2 is 1.77 bits per heavy atom. The van der Waals surface area contributed by atoms with Crippen molar-refractivity contribution in [1.82, 2.24) is 0 Å². The normalized spacial score (nSPS) is 11.1. The van der Waals surface area contributed by atoms with E-state index in [1.54, 1.807) is 0 Å². The molecule has 0 spiro atoms. The first kappa shape index (κ1) is 15.4. The molecular weight excluding hydrogens is 164 g/mol. The van der Waals surface area contributed by atoms with Gasteiger partial charge < -0.3 is 16.6 Å². The van der Waals surface area contributed by atoms with Crippen LogP contribution >= 0.6 is 0 Å². The second kappa shape index (κ2) is 8.48. The van der Waals surface area contributed by atoms with Crippen LogP contribution in [0, 0.1) is 5.92 Å². The first-order chi connectivity index (χ1) is 5.83. The summed E-state index contributed by atoms with van der Waals surface area (Å²) >= 11 is 0. The van der Waals surface area contributed by atoms with Crippen molar-refractivity contribution in [2.75, 3.05) is 13.2 Å². The van der Waals surface area contributed by atoms with Gasteiger partial charge in [0, 0.05) is 12.1 Å². The highest BCUT2D eigenvalue weighted by molar-refractivity contribution is 4.69. The van der Waals surface area contributed by atoms with Crippen LogP contribution in [0.5, 0.6) is 0 Å². The second-order valence-electron chi connectivity index (χ2n) is 4.43. The summed E-state index contributed by atoms with van der Waals surface area (Å²) in [4.78, 5) is 0. The zero-order valence-electron chi connectivity index (χ0n) is 9.51. The molecule has 0 aliphatic heterocycles. The summed E-state index contributed by atoms with van der Waals surface area (Å²) in [5.41, 5.74) is 10.5. The standard InChI is InChI=1S/C5H13NO.C5H13N/c1-5(2,6)3-4-7;1-5(2)3-4-6/h7H,3-4,6H2,1-2H3;5H,3-4,6H2,1-2H3. The van der Waals surface area contributed by atoms with Crippen LogP contribution in [0.3, 0.4) is 0 Å². The van der Waals surface area contributed by atoms with Gasteiger partial charge in [-0.25, -0.2) is 0 Å². The van der Waals surface area contributed by atoms with Crippen molar-refractivity contribution >= 4 is 0 Å². The van der Waals surface area contributed by atoms with Gasteiger partial charge >= 0.3 is 0 Å². The Balaban J connectivity index is 0. The van der Waals surface area contributed by atoms with Crippen molar-refractivity contribution in [2.24, 2.45) is 17.4 Å². The molecule has 0 saturated heterocycles. The lowest BCUT2D eigenvalue weighted by Gasteiger charge is -2.15. The lowest BCUT2D eigenvalue weighted by atomic mass is 10.0. The number of hydrogen-bond acceptors (Lipinski definition) is 3. The summed E-state index contributed by atoms with van der Waals surface area (Å²) in [6.07, 6.45) is 1.83. The van der Waals surface area contributed by atoms with E-state index in [4.69, 9.17) is 16.6 Å². The fraction of sp³-hybridized carbons (Fsp3) is 1.00. The maximum atomic E-state index is 8.32. The maximum absolute atomic E-state index is 8.32. The third kappa shape index (κ3) is 24.5. The molecule has 0 unspecified atom stereocenters. The molecule has 0 aliphatic carbocycles. The average Bonchev–Trinajstić information content (AvgIpc) is 1.84. The Kier molecular flexibility index (Phi) is 10.0. The lowest BCUT2D eigenvalue weighted by Crippen LogP contribution is -2.32. The average molecular weight is 190 g/mol. The molecule has 82 valence electrons. The van der Waals surface area contributed by atoms with E-state index in [2.05, 4.69) is 13.8 Å². The van der Waals surface area contributed by atoms with E-state index in [-0.39, 0.29) is 12.1 Å². The zero-order chi connectivity index (χ0) is 10.9. The maximum Gasteiger partial charge on any atom is 0.0448 e. The van der Waals surface area contributed by atoms with Gasteiger partial charge in [-0.3, -0.25) is 0 Å². The first-order valence-corrected chi connectivity index (χ1v) is 4.93. The molecule has 0 aromatic carbocycles. The molecule has 0 fully saturated rings. The van der Waals surface area contributed by atoms with Gasteiger partial charge in [-0.2, -0.15) is 0 Å². The van der Waals surface area contributed by atoms with Gasteiger partial charge in [-0.05, 0) is 39.2 Å². The Hall–Kier alpha value is -0.120. The Morgan fingerprint density at radius 1 is 1.31 bits per heavy atom. The van der Waals surface area contributed by atoms with E-state index in [0.29, 0.717) is 6.42 Å². The van der Waals surface area contributed by atoms with Gasteiger partial charge in [0.15, 0.2) is 0 Å². The molecule has 0 aromatic rings. The van der Waals surface area contributed by atoms with E-state index >= 15 is 0 Å². The molecule has 5 N–H and O–H groups in total. The highest BCUT2D eigenvalue weighted by atomic mass is 16.3. The van der Waals surface area contributed by atoms with Crippen LogP contribution in [-0.4, -0.2) is 23.8 Å². The van der Waals surface area contributed by atoms with E-state index in [0.717, 1.165) is 18.9 Å². The molecule has 3 heteroatoms. The van der Waals surface area contributed by atoms with Crippen molar-refractivity contribution in [3.8, 4) is 0 Å². The van der Waals surface area contributed by atoms with Crippen molar-refractivity contribution < 1.29 is 5.11 Å². The van der Waals surface area contributed by atoms with Gasteiger partial charge in [0.2, 0.25) is 0 Å². The predicted octanol–water partition coefficient (Wildman–Crippen LogP) is 1.10. The molecule has 0 aromatic heterocycles. The third-order valence-corrected chi connectivity index (χ3v) is 1.50. The topological polar surface area (TPSA) is 72.3 Å². The van der Waals surface area contributed by atoms with E-state index in [1.807, 2.05) is 13.8 Å². The number of hydrogen-bond donors (Lipinski definition) is 3. The summed E-state index contributed by atoms with van der Waals surface area (Å²) in [5.74, 6) is 0.773. The second-order valence-corrected chi connectivity index (χ2v) is 4.43. The van der Waals surface area contributed by atoms with Crippen molar-refractivity contribution in [1.29, 1.82) is 0 Å². The molecule has 0 rings (SSSR count). The molecule has 0 aliphatic rings. The highest BCUT2D eigenvalue weighted by Gasteiger charge is 2.07. The van der Waals surface area contributed by atoms with Crippen molar-refractivity contribution in [3.05, 3.63) is 0 Å². The van der Waals surface area contributed by atoms with Crippen LogP contribution in [0.15, 0.2) is 0 Å². The molecule has 0 saturated carbocycles. The first-order valence-electron chi connectivity index (χ1n) is 4.93. The zero-order valence-corrected chi connectivity index (χ0v) is 9.51. The molecule has 0 heterocycles. The molecule has 13 heavy (non-hydrogen) atoms. The minimum absolute atomic E-state index is 0.184. The van der Waals surface area contributed by atoms with Gasteiger partial charge in [0.25, 0.3) is 0 Å². The van der Waals surface area contributed by atoms with Gasteiger partial charge in [0.1, 0.15) is 0 Å². The smallest absolute Gasteiger partial charge is 0.0448 e. The molecule has 3 nitrogen and oxygen atoms in total. The lowest BCUT2D eigenvalue weighted by molar-refractivity contribution is 0.254. The van der Waals surface area contributed by atoms with Gasteiger partial charge in [-0.1, -0.05) is 13.8 Å². The van der Waals surface area contributed by atoms with E-state index in [9.17, 15) is 0 Å². The minimum Gasteiger partial charge on any atom is -0.396 e. The Bertz CT molecular complexity index is 97.6. The summed E-state index contributed by atoms with van der Waals surface area (Å²) < 4.78 is 0. The van der Waals surface area contributed by atoms with E-state index < -0.39 is 0 Å². The van der Waals surface area contributed by atoms with Crippen LogP contribution in [-0.2, 0) is 0 Å². The Labute approximate surface area is 82.5 Å². The molecule has 0 radical (unpaired) electrons. The molecule has 0 atom stereocenters. The molecule has 0 amide bonds. The summed E-state index contributed by atoms with van der Waals surface area (Å²) in [6, 6.07) is 0. The van der Waals surface area contributed by atoms with Crippen LogP contribution < -0.4 is 11.5 Å². The quantitative estimate of drug-likeness (QED) is 0.621. The molecular formula is C10H26N2O. The van der Waals surface area contributed by atoms with Crippen molar-refractivity contribution in [2.45, 2.75) is 46.1 Å². The highest BCUT2D eigenvalue weighted by Crippen LogP contribution is 1.99. The van der Waals surface area contributed by atoms with Crippen LogP contribution in [0.25, 0.3) is 0 Å². The SMILES string of the molecule is CC(C)(N)CCO.CC(C)CCN. The largest absolute Gasteiger partial charge is 0.396 e.